The van der Waals surface area contributed by atoms with Crippen molar-refractivity contribution in [2.75, 3.05) is 25.4 Å². The number of hydrogen-bond donors (Lipinski definition) is 3. The number of carbonyl (C=O) groups is 2. The van der Waals surface area contributed by atoms with Crippen molar-refractivity contribution >= 4 is 17.5 Å². The number of nitrogens with one attached hydrogen (secondary N) is 2. The highest BCUT2D eigenvalue weighted by Crippen LogP contribution is 2.30. The molecule has 4 rings (SSSR count). The largest absolute Gasteiger partial charge is 0.384 e. The zero-order chi connectivity index (χ0) is 25.3. The molecule has 11 heteroatoms. The van der Waals surface area contributed by atoms with E-state index in [1.54, 1.807) is 9.58 Å². The minimum absolute atomic E-state index is 0.159. The van der Waals surface area contributed by atoms with Gasteiger partial charge < -0.3 is 11.1 Å². The number of nitrogens with zero attached hydrogens (tertiary/aromatic N) is 4. The maximum Gasteiger partial charge on any atom is 0.329 e. The molecule has 2 aromatic heterocycles. The van der Waals surface area contributed by atoms with E-state index in [1.165, 1.54) is 4.57 Å². The average Bonchev–Trinajstić information content (AvgIpc) is 3.11. The summed E-state index contributed by atoms with van der Waals surface area (Å²) < 4.78 is 2.96. The van der Waals surface area contributed by atoms with Crippen molar-refractivity contribution in [3.63, 3.8) is 0 Å². The molecular weight excluding hydrogens is 450 g/mol. The Kier molecular flexibility index (Phi) is 6.70. The number of H-pyrrole nitrogens is 1. The van der Waals surface area contributed by atoms with Gasteiger partial charge in [-0.15, -0.1) is 0 Å². The molecule has 0 unspecified atom stereocenters. The summed E-state index contributed by atoms with van der Waals surface area (Å²) in [6, 6.07) is 8.80. The Labute approximate surface area is 201 Å². The normalized spacial score (nSPS) is 16.3. The van der Waals surface area contributed by atoms with Gasteiger partial charge >= 0.3 is 5.69 Å². The Morgan fingerprint density at radius 3 is 2.57 bits per heavy atom. The smallest absolute Gasteiger partial charge is 0.329 e. The lowest BCUT2D eigenvalue weighted by molar-refractivity contribution is -0.129. The molecule has 0 bridgehead atoms. The van der Waals surface area contributed by atoms with E-state index in [0.29, 0.717) is 30.8 Å². The molecule has 3 aromatic rings. The first-order valence-corrected chi connectivity index (χ1v) is 11.5. The molecule has 0 radical (unpaired) electrons. The van der Waals surface area contributed by atoms with E-state index in [4.69, 9.17) is 5.73 Å². The van der Waals surface area contributed by atoms with Gasteiger partial charge in [0.25, 0.3) is 5.56 Å². The molecule has 0 saturated carbocycles. The number of piperazine rings is 1. The molecular formula is C24H29N7O4. The van der Waals surface area contributed by atoms with Crippen molar-refractivity contribution in [3.05, 3.63) is 73.7 Å². The van der Waals surface area contributed by atoms with Gasteiger partial charge in [0.05, 0.1) is 17.9 Å². The molecule has 0 aliphatic carbocycles. The molecule has 1 fully saturated rings. The fourth-order valence-corrected chi connectivity index (χ4v) is 4.64. The van der Waals surface area contributed by atoms with Gasteiger partial charge in [0, 0.05) is 30.9 Å². The highest BCUT2D eigenvalue weighted by Gasteiger charge is 2.37. The summed E-state index contributed by atoms with van der Waals surface area (Å²) in [7, 11) is 0. The van der Waals surface area contributed by atoms with Crippen molar-refractivity contribution in [1.29, 1.82) is 0 Å². The fourth-order valence-electron chi connectivity index (χ4n) is 4.64. The first-order valence-electron chi connectivity index (χ1n) is 11.5. The van der Waals surface area contributed by atoms with E-state index in [9.17, 15) is 19.2 Å². The number of amides is 1. The summed E-state index contributed by atoms with van der Waals surface area (Å²) >= 11 is 0. The molecule has 1 aromatic carbocycles. The number of Topliss-reactive ketones (excluding diaryl/α,β-unsaturated/α-hetero) is 1. The predicted octanol–water partition coefficient (Wildman–Crippen LogP) is 0.687. The van der Waals surface area contributed by atoms with Crippen LogP contribution in [-0.2, 0) is 11.3 Å². The van der Waals surface area contributed by atoms with Crippen LogP contribution in [0.15, 0.2) is 39.9 Å². The first-order chi connectivity index (χ1) is 16.7. The maximum atomic E-state index is 13.3. The number of nitrogens with two attached hydrogens (primary N) is 1. The van der Waals surface area contributed by atoms with Crippen LogP contribution in [0.1, 0.15) is 46.7 Å². The van der Waals surface area contributed by atoms with Crippen LogP contribution in [0, 0.1) is 13.8 Å². The molecule has 35 heavy (non-hydrogen) atoms. The van der Waals surface area contributed by atoms with E-state index in [0.717, 1.165) is 11.4 Å². The van der Waals surface area contributed by atoms with E-state index in [2.05, 4.69) is 15.4 Å². The number of ketones is 1. The zero-order valence-electron chi connectivity index (χ0n) is 20.0. The van der Waals surface area contributed by atoms with Crippen LogP contribution in [0.5, 0.6) is 0 Å². The van der Waals surface area contributed by atoms with Gasteiger partial charge in [-0.2, -0.15) is 5.10 Å². The minimum atomic E-state index is -0.827. The average molecular weight is 480 g/mol. The Bertz CT molecular complexity index is 1390. The van der Waals surface area contributed by atoms with Crippen LogP contribution in [0.25, 0.3) is 5.69 Å². The van der Waals surface area contributed by atoms with Crippen molar-refractivity contribution in [3.8, 4) is 5.69 Å². The summed E-state index contributed by atoms with van der Waals surface area (Å²) in [6.45, 7) is 6.37. The van der Waals surface area contributed by atoms with Gasteiger partial charge in [0.15, 0.2) is 5.78 Å². The number of anilines is 1. The Hall–Kier alpha value is -3.99. The van der Waals surface area contributed by atoms with Gasteiger partial charge in [-0.1, -0.05) is 25.1 Å². The Morgan fingerprint density at radius 1 is 1.17 bits per heavy atom. The second-order valence-corrected chi connectivity index (χ2v) is 8.59. The van der Waals surface area contributed by atoms with Crippen molar-refractivity contribution in [1.82, 2.24) is 29.5 Å². The topological polar surface area (TPSA) is 148 Å². The van der Waals surface area contributed by atoms with Gasteiger partial charge in [-0.25, -0.2) is 9.48 Å². The lowest BCUT2D eigenvalue weighted by Gasteiger charge is -2.34. The van der Waals surface area contributed by atoms with Crippen LogP contribution < -0.4 is 22.3 Å². The van der Waals surface area contributed by atoms with Crippen molar-refractivity contribution < 1.29 is 9.59 Å². The third-order valence-corrected chi connectivity index (χ3v) is 6.25. The first kappa shape index (κ1) is 24.1. The highest BCUT2D eigenvalue weighted by atomic mass is 16.2. The van der Waals surface area contributed by atoms with Gasteiger partial charge in [0.1, 0.15) is 17.4 Å². The number of benzene rings is 1. The highest BCUT2D eigenvalue weighted by molar-refractivity contribution is 6.01. The standard InChI is InChI=1S/C24H29N7O4/c1-4-11-30-21(25)19(22(33)27-24(30)35)17(32)13-29-12-10-26-23(34)20(29)18-14(2)28-31(15(18)3)16-8-6-5-7-9-16/h5-9,20H,4,10-13,25H2,1-3H3,(H,26,34)(H,27,33,35)/t20-/m1/s1. The number of aromatic amines is 1. The van der Waals surface area contributed by atoms with Gasteiger partial charge in [0.2, 0.25) is 5.91 Å². The monoisotopic (exact) mass is 479 g/mol. The Balaban J connectivity index is 1.72. The second-order valence-electron chi connectivity index (χ2n) is 8.59. The number of hydrogen-bond acceptors (Lipinski definition) is 7. The number of aryl methyl sites for hydroxylation is 1. The maximum absolute atomic E-state index is 13.3. The summed E-state index contributed by atoms with van der Waals surface area (Å²) in [5.41, 5.74) is 7.34. The SMILES string of the molecule is CCCn1c(N)c(C(=O)CN2CCNC(=O)[C@H]2c2c(C)nn(-c3ccccc3)c2C)c(=O)[nH]c1=O. The molecule has 1 saturated heterocycles. The Morgan fingerprint density at radius 2 is 1.89 bits per heavy atom. The number of carbonyl (C=O) groups excluding carboxylic acids is 2. The second kappa shape index (κ2) is 9.71. The molecule has 1 aliphatic rings. The van der Waals surface area contributed by atoms with Crippen molar-refractivity contribution in [2.24, 2.45) is 0 Å². The van der Waals surface area contributed by atoms with Crippen LogP contribution in [0.2, 0.25) is 0 Å². The van der Waals surface area contributed by atoms with Crippen LogP contribution >= 0.6 is 0 Å². The van der Waals surface area contributed by atoms with E-state index in [1.807, 2.05) is 51.1 Å². The molecule has 0 spiro atoms. The van der Waals surface area contributed by atoms with Gasteiger partial charge in [-0.05, 0) is 32.4 Å². The third kappa shape index (κ3) is 4.42. The number of para-hydroxylation sites is 1. The fraction of sp³-hybridized carbons (Fsp3) is 0.375. The molecule has 1 aliphatic heterocycles. The van der Waals surface area contributed by atoms with E-state index < -0.39 is 23.1 Å². The van der Waals surface area contributed by atoms with Gasteiger partial charge in [-0.3, -0.25) is 28.8 Å². The van der Waals surface area contributed by atoms with E-state index in [-0.39, 0.29) is 30.4 Å². The number of aromatic nitrogens is 4. The third-order valence-electron chi connectivity index (χ3n) is 6.25. The van der Waals surface area contributed by atoms with Crippen molar-refractivity contribution in [2.45, 2.75) is 39.8 Å². The number of nitrogen functional groups attached to an aromatic ring is 1. The summed E-state index contributed by atoms with van der Waals surface area (Å²) in [4.78, 5) is 54.9. The lowest BCUT2D eigenvalue weighted by Crippen LogP contribution is -2.52. The van der Waals surface area contributed by atoms with Crippen LogP contribution in [0.4, 0.5) is 5.82 Å². The molecule has 1 atom stereocenters. The van der Waals surface area contributed by atoms with Crippen LogP contribution in [-0.4, -0.2) is 55.6 Å². The summed E-state index contributed by atoms with van der Waals surface area (Å²) in [6.07, 6.45) is 0.599. The minimum Gasteiger partial charge on any atom is -0.384 e. The summed E-state index contributed by atoms with van der Waals surface area (Å²) in [5, 5.41) is 7.51. The molecule has 3 heterocycles. The van der Waals surface area contributed by atoms with Crippen LogP contribution in [0.3, 0.4) is 0 Å². The quantitative estimate of drug-likeness (QED) is 0.422. The summed E-state index contributed by atoms with van der Waals surface area (Å²) in [5.74, 6) is -0.965. The zero-order valence-corrected chi connectivity index (χ0v) is 20.0. The molecule has 1 amide bonds. The predicted molar refractivity (Wildman–Crippen MR) is 131 cm³/mol. The lowest BCUT2D eigenvalue weighted by atomic mass is 9.99. The molecule has 4 N–H and O–H groups in total. The molecule has 11 nitrogen and oxygen atoms in total. The van der Waals surface area contributed by atoms with E-state index >= 15 is 0 Å². The molecule has 184 valence electrons. The number of rotatable bonds is 7.